The van der Waals surface area contributed by atoms with Crippen molar-refractivity contribution in [3.05, 3.63) is 54.0 Å². The molecule has 3 aromatic heterocycles. The van der Waals surface area contributed by atoms with Crippen LogP contribution in [0.5, 0.6) is 0 Å². The molecular formula is C19H22N6O. The second-order valence-electron chi connectivity index (χ2n) is 6.65. The lowest BCUT2D eigenvalue weighted by Gasteiger charge is -2.34. The number of aryl methyl sites for hydroxylation is 1. The van der Waals surface area contributed by atoms with Crippen molar-refractivity contribution in [2.75, 3.05) is 43.4 Å². The van der Waals surface area contributed by atoms with Crippen LogP contribution in [0.2, 0.25) is 0 Å². The van der Waals surface area contributed by atoms with Crippen molar-refractivity contribution >= 4 is 23.2 Å². The van der Waals surface area contributed by atoms with Crippen LogP contribution in [0.3, 0.4) is 0 Å². The Morgan fingerprint density at radius 2 is 1.92 bits per heavy atom. The van der Waals surface area contributed by atoms with Gasteiger partial charge in [0.25, 0.3) is 5.91 Å². The Hall–Kier alpha value is -2.93. The van der Waals surface area contributed by atoms with Crippen LogP contribution in [0.4, 0.5) is 11.6 Å². The van der Waals surface area contributed by atoms with Crippen LogP contribution in [0.25, 0.3) is 5.65 Å². The van der Waals surface area contributed by atoms with Crippen molar-refractivity contribution < 1.29 is 4.79 Å². The van der Waals surface area contributed by atoms with Gasteiger partial charge in [0.1, 0.15) is 23.0 Å². The number of amides is 1. The highest BCUT2D eigenvalue weighted by Gasteiger charge is 2.18. The van der Waals surface area contributed by atoms with Gasteiger partial charge >= 0.3 is 0 Å². The van der Waals surface area contributed by atoms with Gasteiger partial charge in [-0.2, -0.15) is 0 Å². The SMILES string of the molecule is Cc1ccc(NC(=O)c2cnc3ccccn23)nc1N1CCN(C)CC1. The first-order valence-electron chi connectivity index (χ1n) is 8.76. The zero-order chi connectivity index (χ0) is 18.1. The van der Waals surface area contributed by atoms with Gasteiger partial charge in [0.2, 0.25) is 0 Å². The number of carbonyl (C=O) groups excluding carboxylic acids is 1. The van der Waals surface area contributed by atoms with Gasteiger partial charge in [0, 0.05) is 32.4 Å². The van der Waals surface area contributed by atoms with Gasteiger partial charge in [-0.05, 0) is 37.7 Å². The van der Waals surface area contributed by atoms with E-state index in [2.05, 4.69) is 34.1 Å². The third-order valence-electron chi connectivity index (χ3n) is 4.76. The van der Waals surface area contributed by atoms with E-state index in [1.54, 1.807) is 10.6 Å². The van der Waals surface area contributed by atoms with Crippen molar-refractivity contribution in [1.29, 1.82) is 0 Å². The second kappa shape index (κ2) is 6.76. The Bertz CT molecular complexity index is 942. The number of nitrogens with one attached hydrogen (secondary N) is 1. The summed E-state index contributed by atoms with van der Waals surface area (Å²) in [5.74, 6) is 1.28. The van der Waals surface area contributed by atoms with Crippen molar-refractivity contribution in [2.24, 2.45) is 0 Å². The molecule has 4 heterocycles. The highest BCUT2D eigenvalue weighted by molar-refractivity contribution is 6.03. The van der Waals surface area contributed by atoms with Gasteiger partial charge in [-0.15, -0.1) is 0 Å². The van der Waals surface area contributed by atoms with Gasteiger partial charge in [-0.1, -0.05) is 12.1 Å². The Morgan fingerprint density at radius 1 is 1.12 bits per heavy atom. The predicted molar refractivity (Wildman–Crippen MR) is 102 cm³/mol. The summed E-state index contributed by atoms with van der Waals surface area (Å²) in [7, 11) is 2.13. The number of aromatic nitrogens is 3. The molecule has 7 heteroatoms. The van der Waals surface area contributed by atoms with Crippen LogP contribution < -0.4 is 10.2 Å². The Balaban J connectivity index is 1.56. The molecule has 0 spiro atoms. The van der Waals surface area contributed by atoms with Crippen molar-refractivity contribution in [3.63, 3.8) is 0 Å². The minimum atomic E-state index is -0.218. The fourth-order valence-corrected chi connectivity index (χ4v) is 3.21. The van der Waals surface area contributed by atoms with E-state index in [-0.39, 0.29) is 5.91 Å². The van der Waals surface area contributed by atoms with Crippen LogP contribution >= 0.6 is 0 Å². The molecule has 7 nitrogen and oxygen atoms in total. The molecule has 1 fully saturated rings. The lowest BCUT2D eigenvalue weighted by Crippen LogP contribution is -2.45. The number of nitrogens with zero attached hydrogens (tertiary/aromatic N) is 5. The highest BCUT2D eigenvalue weighted by atomic mass is 16.2. The van der Waals surface area contributed by atoms with Gasteiger partial charge in [0.05, 0.1) is 6.20 Å². The van der Waals surface area contributed by atoms with E-state index in [1.165, 1.54) is 0 Å². The van der Waals surface area contributed by atoms with E-state index in [9.17, 15) is 4.79 Å². The molecule has 0 unspecified atom stereocenters. The van der Waals surface area contributed by atoms with Gasteiger partial charge in [-0.3, -0.25) is 9.20 Å². The first-order chi connectivity index (χ1) is 12.6. The second-order valence-corrected chi connectivity index (χ2v) is 6.65. The zero-order valence-corrected chi connectivity index (χ0v) is 15.0. The summed E-state index contributed by atoms with van der Waals surface area (Å²) >= 11 is 0. The smallest absolute Gasteiger partial charge is 0.275 e. The lowest BCUT2D eigenvalue weighted by atomic mass is 10.2. The molecule has 0 bridgehead atoms. The number of pyridine rings is 2. The van der Waals surface area contributed by atoms with Crippen LogP contribution in [0, 0.1) is 6.92 Å². The maximum atomic E-state index is 12.7. The fraction of sp³-hybridized carbons (Fsp3) is 0.316. The summed E-state index contributed by atoms with van der Waals surface area (Å²) < 4.78 is 1.77. The molecule has 1 saturated heterocycles. The van der Waals surface area contributed by atoms with Crippen LogP contribution in [0.1, 0.15) is 16.1 Å². The van der Waals surface area contributed by atoms with Crippen LogP contribution in [-0.2, 0) is 0 Å². The Kier molecular flexibility index (Phi) is 4.30. The average molecular weight is 350 g/mol. The normalized spacial score (nSPS) is 15.4. The number of fused-ring (bicyclic) bond motifs is 1. The maximum Gasteiger partial charge on any atom is 0.275 e. The number of anilines is 2. The third-order valence-corrected chi connectivity index (χ3v) is 4.76. The molecule has 26 heavy (non-hydrogen) atoms. The summed E-state index contributed by atoms with van der Waals surface area (Å²) in [4.78, 5) is 26.2. The summed E-state index contributed by atoms with van der Waals surface area (Å²) in [6, 6.07) is 9.49. The number of carbonyl (C=O) groups is 1. The number of piperazine rings is 1. The third kappa shape index (κ3) is 3.13. The summed E-state index contributed by atoms with van der Waals surface area (Å²) in [6.45, 7) is 5.96. The molecule has 0 atom stereocenters. The van der Waals surface area contributed by atoms with Crippen molar-refractivity contribution in [3.8, 4) is 0 Å². The number of rotatable bonds is 3. The minimum absolute atomic E-state index is 0.218. The quantitative estimate of drug-likeness (QED) is 0.783. The van der Waals surface area contributed by atoms with E-state index in [0.29, 0.717) is 11.5 Å². The number of hydrogen-bond donors (Lipinski definition) is 1. The molecule has 3 aromatic rings. The minimum Gasteiger partial charge on any atom is -0.354 e. The van der Waals surface area contributed by atoms with Gasteiger partial charge in [0.15, 0.2) is 0 Å². The predicted octanol–water partition coefficient (Wildman–Crippen LogP) is 2.04. The van der Waals surface area contributed by atoms with E-state index in [4.69, 9.17) is 4.98 Å². The molecule has 0 aromatic carbocycles. The Morgan fingerprint density at radius 3 is 2.73 bits per heavy atom. The standard InChI is InChI=1S/C19H22N6O/c1-14-6-7-16(21-18(14)24-11-9-23(2)10-12-24)22-19(26)15-13-20-17-5-3-4-8-25(15)17/h3-8,13H,9-12H2,1-2H3,(H,21,22,26). The number of hydrogen-bond acceptors (Lipinski definition) is 5. The molecular weight excluding hydrogens is 328 g/mol. The molecule has 134 valence electrons. The summed E-state index contributed by atoms with van der Waals surface area (Å²) in [5, 5.41) is 2.90. The van der Waals surface area contributed by atoms with E-state index < -0.39 is 0 Å². The largest absolute Gasteiger partial charge is 0.354 e. The molecule has 0 saturated carbocycles. The topological polar surface area (TPSA) is 65.8 Å². The molecule has 0 radical (unpaired) electrons. The molecule has 0 aliphatic carbocycles. The molecule has 4 rings (SSSR count). The highest BCUT2D eigenvalue weighted by Crippen LogP contribution is 2.21. The molecule has 1 amide bonds. The number of likely N-dealkylation sites (N-methyl/N-ethyl adjacent to an activating group) is 1. The summed E-state index contributed by atoms with van der Waals surface area (Å²) in [6.07, 6.45) is 3.41. The van der Waals surface area contributed by atoms with E-state index in [0.717, 1.165) is 43.2 Å². The monoisotopic (exact) mass is 350 g/mol. The van der Waals surface area contributed by atoms with Crippen LogP contribution in [-0.4, -0.2) is 58.4 Å². The lowest BCUT2D eigenvalue weighted by molar-refractivity contribution is 0.102. The first kappa shape index (κ1) is 16.5. The molecule has 1 N–H and O–H groups in total. The van der Waals surface area contributed by atoms with E-state index >= 15 is 0 Å². The number of imidazole rings is 1. The molecule has 1 aliphatic heterocycles. The average Bonchev–Trinajstić information content (AvgIpc) is 3.08. The van der Waals surface area contributed by atoms with Crippen molar-refractivity contribution in [2.45, 2.75) is 6.92 Å². The van der Waals surface area contributed by atoms with Gasteiger partial charge < -0.3 is 15.1 Å². The first-order valence-corrected chi connectivity index (χ1v) is 8.76. The van der Waals surface area contributed by atoms with E-state index in [1.807, 2.05) is 36.5 Å². The summed E-state index contributed by atoms with van der Waals surface area (Å²) in [5.41, 5.74) is 2.35. The van der Waals surface area contributed by atoms with Gasteiger partial charge in [-0.25, -0.2) is 9.97 Å². The van der Waals surface area contributed by atoms with Crippen molar-refractivity contribution in [1.82, 2.24) is 19.3 Å². The Labute approximate surface area is 152 Å². The maximum absolute atomic E-state index is 12.7. The zero-order valence-electron chi connectivity index (χ0n) is 15.0. The fourth-order valence-electron chi connectivity index (χ4n) is 3.21. The van der Waals surface area contributed by atoms with Crippen LogP contribution in [0.15, 0.2) is 42.7 Å². The molecule has 1 aliphatic rings.